The highest BCUT2D eigenvalue weighted by Crippen LogP contribution is 2.15. The lowest BCUT2D eigenvalue weighted by atomic mass is 10.3. The Hall–Kier alpha value is -1.69. The molecule has 62 valence electrons. The van der Waals surface area contributed by atoms with E-state index in [2.05, 4.69) is 10.9 Å². The quantitative estimate of drug-likeness (QED) is 0.661. The summed E-state index contributed by atoms with van der Waals surface area (Å²) in [5.41, 5.74) is 6.51. The Labute approximate surface area is 71.6 Å². The van der Waals surface area contributed by atoms with E-state index in [1.165, 1.54) is 0 Å². The zero-order valence-corrected chi connectivity index (χ0v) is 6.87. The van der Waals surface area contributed by atoms with Gasteiger partial charge in [-0.05, 0) is 12.8 Å². The monoisotopic (exact) mass is 162 g/mol. The number of aromatic nitrogens is 1. The summed E-state index contributed by atoms with van der Waals surface area (Å²) in [5, 5.41) is 0. The molecule has 0 radical (unpaired) electrons. The van der Waals surface area contributed by atoms with Crippen LogP contribution >= 0.6 is 0 Å². The minimum atomic E-state index is 0.457. The number of nitrogens with two attached hydrogens (primary N) is 1. The molecule has 1 heterocycles. The fourth-order valence-corrected chi connectivity index (χ4v) is 0.828. The Kier molecular flexibility index (Phi) is 2.54. The van der Waals surface area contributed by atoms with E-state index >= 15 is 0 Å². The molecule has 0 spiro atoms. The van der Waals surface area contributed by atoms with E-state index in [1.54, 1.807) is 12.3 Å². The van der Waals surface area contributed by atoms with Gasteiger partial charge >= 0.3 is 0 Å². The Balaban J connectivity index is 2.96. The highest BCUT2D eigenvalue weighted by Gasteiger charge is 1.99. The number of hydrogen-bond acceptors (Lipinski definition) is 3. The van der Waals surface area contributed by atoms with Crippen molar-refractivity contribution in [1.29, 1.82) is 0 Å². The van der Waals surface area contributed by atoms with Crippen LogP contribution in [-0.2, 0) is 0 Å². The second-order valence-electron chi connectivity index (χ2n) is 2.19. The van der Waals surface area contributed by atoms with Gasteiger partial charge < -0.3 is 10.5 Å². The maximum atomic E-state index is 5.58. The molecule has 3 heteroatoms. The second kappa shape index (κ2) is 3.63. The minimum absolute atomic E-state index is 0.457. The Morgan fingerprint density at radius 1 is 1.75 bits per heavy atom. The molecule has 0 saturated carbocycles. The van der Waals surface area contributed by atoms with Gasteiger partial charge in [0.2, 0.25) is 0 Å². The molecule has 0 saturated heterocycles. The van der Waals surface area contributed by atoms with Crippen molar-refractivity contribution in [2.45, 2.75) is 6.92 Å². The third-order valence-corrected chi connectivity index (χ3v) is 1.34. The number of nitrogens with zero attached hydrogens (tertiary/aromatic N) is 1. The average molecular weight is 162 g/mol. The molecule has 0 bridgehead atoms. The van der Waals surface area contributed by atoms with Gasteiger partial charge in [0.25, 0.3) is 0 Å². The molecule has 2 N–H and O–H groups in total. The topological polar surface area (TPSA) is 48.1 Å². The average Bonchev–Trinajstić information content (AvgIpc) is 2.05. The van der Waals surface area contributed by atoms with Crippen LogP contribution in [0.1, 0.15) is 12.6 Å². The lowest BCUT2D eigenvalue weighted by Gasteiger charge is -2.03. The fraction of sp³-hybridized carbons (Fsp3) is 0.222. The summed E-state index contributed by atoms with van der Waals surface area (Å²) in [6.45, 7) is 2.49. The van der Waals surface area contributed by atoms with Crippen molar-refractivity contribution in [1.82, 2.24) is 4.98 Å². The predicted molar refractivity (Wildman–Crippen MR) is 47.8 cm³/mol. The third kappa shape index (κ3) is 1.67. The molecule has 12 heavy (non-hydrogen) atoms. The molecule has 0 aliphatic carbocycles. The van der Waals surface area contributed by atoms with Crippen LogP contribution in [0.2, 0.25) is 0 Å². The summed E-state index contributed by atoms with van der Waals surface area (Å²) in [6.07, 6.45) is 6.71. The first-order chi connectivity index (χ1) is 5.77. The molecule has 1 rings (SSSR count). The van der Waals surface area contributed by atoms with Gasteiger partial charge in [0.15, 0.2) is 0 Å². The van der Waals surface area contributed by atoms with Gasteiger partial charge in [-0.1, -0.05) is 0 Å². The number of hydrogen-bond donors (Lipinski definition) is 1. The molecular weight excluding hydrogens is 152 g/mol. The highest BCUT2D eigenvalue weighted by atomic mass is 16.5. The molecule has 1 aromatic rings. The lowest BCUT2D eigenvalue weighted by Crippen LogP contribution is -1.97. The van der Waals surface area contributed by atoms with Crippen molar-refractivity contribution >= 4 is 5.69 Å². The van der Waals surface area contributed by atoms with E-state index in [-0.39, 0.29) is 0 Å². The summed E-state index contributed by atoms with van der Waals surface area (Å²) in [5.74, 6) is 3.02. The SMILES string of the molecule is C#Cc1ncc(OCC)cc1N. The molecule has 0 amide bonds. The Morgan fingerprint density at radius 2 is 2.50 bits per heavy atom. The first kappa shape index (κ1) is 8.41. The first-order valence-electron chi connectivity index (χ1n) is 3.63. The summed E-state index contributed by atoms with van der Waals surface area (Å²) in [7, 11) is 0. The molecule has 3 nitrogen and oxygen atoms in total. The molecule has 1 aromatic heterocycles. The number of nitrogen functional groups attached to an aromatic ring is 1. The van der Waals surface area contributed by atoms with Gasteiger partial charge in [0.1, 0.15) is 11.4 Å². The zero-order chi connectivity index (χ0) is 8.97. The predicted octanol–water partition coefficient (Wildman–Crippen LogP) is 1.04. The van der Waals surface area contributed by atoms with E-state index < -0.39 is 0 Å². The van der Waals surface area contributed by atoms with E-state index in [0.717, 1.165) is 0 Å². The van der Waals surface area contributed by atoms with E-state index in [4.69, 9.17) is 16.9 Å². The molecule has 0 fully saturated rings. The molecular formula is C9H10N2O. The van der Waals surface area contributed by atoms with Crippen molar-refractivity contribution in [2.24, 2.45) is 0 Å². The van der Waals surface area contributed by atoms with Crippen LogP contribution in [0.3, 0.4) is 0 Å². The number of rotatable bonds is 2. The molecule has 0 unspecified atom stereocenters. The molecule has 0 aromatic carbocycles. The van der Waals surface area contributed by atoms with Gasteiger partial charge in [-0.2, -0.15) is 0 Å². The van der Waals surface area contributed by atoms with Crippen molar-refractivity contribution in [3.8, 4) is 18.1 Å². The highest BCUT2D eigenvalue weighted by molar-refractivity contribution is 5.53. The van der Waals surface area contributed by atoms with E-state index in [1.807, 2.05) is 6.92 Å². The van der Waals surface area contributed by atoms with Crippen LogP contribution < -0.4 is 10.5 Å². The smallest absolute Gasteiger partial charge is 0.139 e. The van der Waals surface area contributed by atoms with Crippen LogP contribution in [0.5, 0.6) is 5.75 Å². The van der Waals surface area contributed by atoms with Gasteiger partial charge in [-0.15, -0.1) is 6.42 Å². The number of terminal acetylenes is 1. The summed E-state index contributed by atoms with van der Waals surface area (Å²) in [6, 6.07) is 1.67. The van der Waals surface area contributed by atoms with Gasteiger partial charge in [-0.25, -0.2) is 4.98 Å². The Morgan fingerprint density at radius 3 is 3.00 bits per heavy atom. The van der Waals surface area contributed by atoms with Crippen LogP contribution in [0, 0.1) is 12.3 Å². The molecule has 0 aliphatic heterocycles. The maximum absolute atomic E-state index is 5.58. The summed E-state index contributed by atoms with van der Waals surface area (Å²) >= 11 is 0. The fourth-order valence-electron chi connectivity index (χ4n) is 0.828. The Bertz CT molecular complexity index is 315. The van der Waals surface area contributed by atoms with Crippen LogP contribution in [0.4, 0.5) is 5.69 Å². The zero-order valence-electron chi connectivity index (χ0n) is 6.87. The van der Waals surface area contributed by atoms with Crippen molar-refractivity contribution in [3.63, 3.8) is 0 Å². The summed E-state index contributed by atoms with van der Waals surface area (Å²) in [4.78, 5) is 3.93. The number of anilines is 1. The van der Waals surface area contributed by atoms with E-state index in [9.17, 15) is 0 Å². The van der Waals surface area contributed by atoms with Crippen LogP contribution in [0.15, 0.2) is 12.3 Å². The van der Waals surface area contributed by atoms with Gasteiger partial charge in [0.05, 0.1) is 18.5 Å². The van der Waals surface area contributed by atoms with Crippen molar-refractivity contribution < 1.29 is 4.74 Å². The number of pyridine rings is 1. The first-order valence-corrected chi connectivity index (χ1v) is 3.63. The second-order valence-corrected chi connectivity index (χ2v) is 2.19. The van der Waals surface area contributed by atoms with Gasteiger partial charge in [0, 0.05) is 6.07 Å². The third-order valence-electron chi connectivity index (χ3n) is 1.34. The lowest BCUT2D eigenvalue weighted by molar-refractivity contribution is 0.339. The minimum Gasteiger partial charge on any atom is -0.492 e. The molecule has 0 aliphatic rings. The molecule has 0 atom stereocenters. The van der Waals surface area contributed by atoms with Crippen LogP contribution in [0.25, 0.3) is 0 Å². The van der Waals surface area contributed by atoms with Crippen molar-refractivity contribution in [3.05, 3.63) is 18.0 Å². The number of ether oxygens (including phenoxy) is 1. The van der Waals surface area contributed by atoms with E-state index in [0.29, 0.717) is 23.7 Å². The standard InChI is InChI=1S/C9H10N2O/c1-3-9-8(10)5-7(6-11-9)12-4-2/h1,5-6H,4,10H2,2H3. The van der Waals surface area contributed by atoms with Crippen molar-refractivity contribution in [2.75, 3.05) is 12.3 Å². The summed E-state index contributed by atoms with van der Waals surface area (Å²) < 4.78 is 5.18. The van der Waals surface area contributed by atoms with Gasteiger partial charge in [-0.3, -0.25) is 0 Å². The van der Waals surface area contributed by atoms with Crippen LogP contribution in [-0.4, -0.2) is 11.6 Å². The largest absolute Gasteiger partial charge is 0.492 e. The normalized spacial score (nSPS) is 9.00. The maximum Gasteiger partial charge on any atom is 0.139 e.